The maximum atomic E-state index is 5.44. The van der Waals surface area contributed by atoms with Crippen LogP contribution in [0.4, 0.5) is 0 Å². The predicted octanol–water partition coefficient (Wildman–Crippen LogP) is 1.80. The summed E-state index contributed by atoms with van der Waals surface area (Å²) >= 11 is 0. The molecular formula is C12H16OSi. The van der Waals surface area contributed by atoms with Crippen LogP contribution in [0.15, 0.2) is 43.5 Å². The van der Waals surface area contributed by atoms with E-state index in [1.54, 1.807) is 0 Å². The van der Waals surface area contributed by atoms with E-state index in [2.05, 4.69) is 19.2 Å². The molecule has 0 aliphatic heterocycles. The first-order valence-corrected chi connectivity index (χ1v) is 5.51. The summed E-state index contributed by atoms with van der Waals surface area (Å²) in [6.45, 7) is 7.52. The SMILES string of the molecule is C=CCc1cccc(O[SiH3])c1CC=C. The molecule has 0 saturated carbocycles. The monoisotopic (exact) mass is 204 g/mol. The summed E-state index contributed by atoms with van der Waals surface area (Å²) in [5, 5.41) is 0. The van der Waals surface area contributed by atoms with Crippen molar-refractivity contribution < 1.29 is 4.43 Å². The molecule has 0 atom stereocenters. The number of allylic oxidation sites excluding steroid dienone is 2. The average molecular weight is 204 g/mol. The van der Waals surface area contributed by atoms with Gasteiger partial charge in [0.1, 0.15) is 5.75 Å². The van der Waals surface area contributed by atoms with Gasteiger partial charge in [0.05, 0.1) is 0 Å². The molecule has 74 valence electrons. The lowest BCUT2D eigenvalue weighted by molar-refractivity contribution is 0.606. The second kappa shape index (κ2) is 5.45. The van der Waals surface area contributed by atoms with E-state index in [1.165, 1.54) is 11.1 Å². The number of benzene rings is 1. The van der Waals surface area contributed by atoms with Crippen molar-refractivity contribution in [3.8, 4) is 5.75 Å². The third kappa shape index (κ3) is 2.36. The van der Waals surface area contributed by atoms with Crippen molar-refractivity contribution in [3.63, 3.8) is 0 Å². The van der Waals surface area contributed by atoms with E-state index >= 15 is 0 Å². The van der Waals surface area contributed by atoms with E-state index in [9.17, 15) is 0 Å². The van der Waals surface area contributed by atoms with Crippen LogP contribution in [0.3, 0.4) is 0 Å². The molecule has 1 rings (SSSR count). The van der Waals surface area contributed by atoms with Gasteiger partial charge in [-0.25, -0.2) is 0 Å². The number of hydrogen-bond donors (Lipinski definition) is 0. The fraction of sp³-hybridized carbons (Fsp3) is 0.167. The van der Waals surface area contributed by atoms with Gasteiger partial charge in [0.2, 0.25) is 10.5 Å². The molecule has 0 saturated heterocycles. The van der Waals surface area contributed by atoms with Crippen LogP contribution in [-0.4, -0.2) is 10.5 Å². The molecule has 0 amide bonds. The Kier molecular flexibility index (Phi) is 4.20. The highest BCUT2D eigenvalue weighted by molar-refractivity contribution is 6.00. The summed E-state index contributed by atoms with van der Waals surface area (Å²) in [6.07, 6.45) is 5.58. The van der Waals surface area contributed by atoms with Crippen molar-refractivity contribution in [2.75, 3.05) is 0 Å². The Hall–Kier alpha value is -1.28. The van der Waals surface area contributed by atoms with Crippen molar-refractivity contribution in [2.24, 2.45) is 0 Å². The van der Waals surface area contributed by atoms with E-state index < -0.39 is 0 Å². The topological polar surface area (TPSA) is 9.23 Å². The van der Waals surface area contributed by atoms with Gasteiger partial charge in [0.25, 0.3) is 0 Å². The molecule has 0 heterocycles. The summed E-state index contributed by atoms with van der Waals surface area (Å²) in [6, 6.07) is 6.15. The Morgan fingerprint density at radius 1 is 1.21 bits per heavy atom. The first kappa shape index (κ1) is 10.8. The molecule has 0 bridgehead atoms. The third-order valence-electron chi connectivity index (χ3n) is 2.16. The Morgan fingerprint density at radius 3 is 2.50 bits per heavy atom. The van der Waals surface area contributed by atoms with Gasteiger partial charge in [-0.1, -0.05) is 24.3 Å². The summed E-state index contributed by atoms with van der Waals surface area (Å²) in [5.74, 6) is 0.996. The molecule has 0 aliphatic carbocycles. The van der Waals surface area contributed by atoms with Crippen molar-refractivity contribution in [2.45, 2.75) is 12.8 Å². The van der Waals surface area contributed by atoms with Crippen LogP contribution < -0.4 is 4.43 Å². The molecule has 1 aromatic carbocycles. The fourth-order valence-corrected chi connectivity index (χ4v) is 1.91. The van der Waals surface area contributed by atoms with Gasteiger partial charge in [0, 0.05) is 0 Å². The largest absolute Gasteiger partial charge is 0.553 e. The predicted molar refractivity (Wildman–Crippen MR) is 64.8 cm³/mol. The van der Waals surface area contributed by atoms with Gasteiger partial charge in [0.15, 0.2) is 0 Å². The molecular weight excluding hydrogens is 188 g/mol. The minimum atomic E-state index is 0.724. The highest BCUT2D eigenvalue weighted by atomic mass is 28.2. The second-order valence-corrected chi connectivity index (χ2v) is 3.49. The van der Waals surface area contributed by atoms with Crippen molar-refractivity contribution >= 4 is 10.5 Å². The van der Waals surface area contributed by atoms with Gasteiger partial charge in [-0.15, -0.1) is 13.2 Å². The smallest absolute Gasteiger partial charge is 0.204 e. The van der Waals surface area contributed by atoms with Crippen LogP contribution >= 0.6 is 0 Å². The van der Waals surface area contributed by atoms with Gasteiger partial charge in [-0.3, -0.25) is 0 Å². The van der Waals surface area contributed by atoms with Crippen molar-refractivity contribution in [3.05, 3.63) is 54.6 Å². The Labute approximate surface area is 88.6 Å². The van der Waals surface area contributed by atoms with Crippen molar-refractivity contribution in [1.82, 2.24) is 0 Å². The number of rotatable bonds is 5. The van der Waals surface area contributed by atoms with E-state index in [4.69, 9.17) is 4.43 Å². The molecule has 2 heteroatoms. The molecule has 0 unspecified atom stereocenters. The first-order chi connectivity index (χ1) is 6.83. The Morgan fingerprint density at radius 2 is 1.93 bits per heavy atom. The minimum absolute atomic E-state index is 0.724. The van der Waals surface area contributed by atoms with E-state index in [1.807, 2.05) is 24.3 Å². The lowest BCUT2D eigenvalue weighted by atomic mass is 10.0. The lowest BCUT2D eigenvalue weighted by Gasteiger charge is -2.11. The van der Waals surface area contributed by atoms with Crippen LogP contribution in [0, 0.1) is 0 Å². The van der Waals surface area contributed by atoms with Crippen LogP contribution in [0.5, 0.6) is 5.75 Å². The third-order valence-corrected chi connectivity index (χ3v) is 2.60. The summed E-state index contributed by atoms with van der Waals surface area (Å²) in [7, 11) is 0.724. The molecule has 1 nitrogen and oxygen atoms in total. The summed E-state index contributed by atoms with van der Waals surface area (Å²) in [5.41, 5.74) is 2.53. The highest BCUT2D eigenvalue weighted by Gasteiger charge is 2.05. The van der Waals surface area contributed by atoms with Crippen LogP contribution in [0.2, 0.25) is 0 Å². The second-order valence-electron chi connectivity index (χ2n) is 3.08. The fourth-order valence-electron chi connectivity index (χ4n) is 1.53. The Bertz CT molecular complexity index is 331. The average Bonchev–Trinajstić information content (AvgIpc) is 2.21. The molecule has 1 aromatic rings. The maximum Gasteiger partial charge on any atom is 0.204 e. The molecule has 0 spiro atoms. The molecule has 0 aliphatic rings. The summed E-state index contributed by atoms with van der Waals surface area (Å²) < 4.78 is 5.44. The molecule has 0 radical (unpaired) electrons. The minimum Gasteiger partial charge on any atom is -0.553 e. The van der Waals surface area contributed by atoms with Gasteiger partial charge < -0.3 is 4.43 Å². The molecule has 0 fully saturated rings. The Balaban J connectivity index is 3.12. The zero-order valence-corrected chi connectivity index (χ0v) is 10.6. The van der Waals surface area contributed by atoms with Crippen LogP contribution in [0.1, 0.15) is 11.1 Å². The van der Waals surface area contributed by atoms with Gasteiger partial charge >= 0.3 is 0 Å². The van der Waals surface area contributed by atoms with E-state index in [0.29, 0.717) is 0 Å². The highest BCUT2D eigenvalue weighted by Crippen LogP contribution is 2.23. The van der Waals surface area contributed by atoms with Gasteiger partial charge in [-0.05, 0) is 30.0 Å². The van der Waals surface area contributed by atoms with Crippen LogP contribution in [0.25, 0.3) is 0 Å². The maximum absolute atomic E-state index is 5.44. The van der Waals surface area contributed by atoms with Gasteiger partial charge in [-0.2, -0.15) is 0 Å². The quantitative estimate of drug-likeness (QED) is 0.525. The molecule has 0 N–H and O–H groups in total. The standard InChI is InChI=1S/C12H16OSi/c1-3-6-10-8-5-9-12(13-14)11(10)7-4-2/h3-5,8-9H,1-2,6-7H2,14H3. The van der Waals surface area contributed by atoms with Crippen molar-refractivity contribution in [1.29, 1.82) is 0 Å². The normalized spacial score (nSPS) is 9.71. The first-order valence-electron chi connectivity index (χ1n) is 4.70. The van der Waals surface area contributed by atoms with E-state index in [0.717, 1.165) is 29.1 Å². The molecule has 14 heavy (non-hydrogen) atoms. The van der Waals surface area contributed by atoms with Crippen LogP contribution in [-0.2, 0) is 12.8 Å². The number of hydrogen-bond acceptors (Lipinski definition) is 1. The summed E-state index contributed by atoms with van der Waals surface area (Å²) in [4.78, 5) is 0. The lowest BCUT2D eigenvalue weighted by Crippen LogP contribution is -1.97. The molecule has 0 aromatic heterocycles. The van der Waals surface area contributed by atoms with E-state index in [-0.39, 0.29) is 0 Å². The zero-order chi connectivity index (χ0) is 10.4. The zero-order valence-electron chi connectivity index (χ0n) is 8.62.